The summed E-state index contributed by atoms with van der Waals surface area (Å²) < 4.78 is 12.1. The minimum atomic E-state index is -1.03. The average molecular weight is 260 g/mol. The molecule has 1 aliphatic carbocycles. The number of rotatable bonds is 6. The van der Waals surface area contributed by atoms with Crippen LogP contribution in [0.2, 0.25) is 0 Å². The summed E-state index contributed by atoms with van der Waals surface area (Å²) in [7, 11) is -1.03. The van der Waals surface area contributed by atoms with Crippen LogP contribution in [0.15, 0.2) is 0 Å². The Morgan fingerprint density at radius 3 is 2.59 bits per heavy atom. The molecule has 0 radical (unpaired) electrons. The van der Waals surface area contributed by atoms with Gasteiger partial charge in [-0.25, -0.2) is 0 Å². The molecule has 0 aliphatic heterocycles. The molecule has 1 fully saturated rings. The second-order valence-electron chi connectivity index (χ2n) is 4.62. The topological polar surface area (TPSA) is 58.2 Å². The highest BCUT2D eigenvalue weighted by atomic mass is 32.2. The van der Waals surface area contributed by atoms with Crippen LogP contribution in [0.5, 0.6) is 0 Å². The summed E-state index contributed by atoms with van der Waals surface area (Å²) in [6.07, 6.45) is 2.03. The zero-order chi connectivity index (χ0) is 12.8. The van der Waals surface area contributed by atoms with E-state index in [1.165, 1.54) is 0 Å². The SMILES string of the molecule is CCNC(=O)CS(=O)C1CCC(NCC)C1C. The van der Waals surface area contributed by atoms with Gasteiger partial charge in [0.2, 0.25) is 5.91 Å². The summed E-state index contributed by atoms with van der Waals surface area (Å²) in [4.78, 5) is 11.4. The van der Waals surface area contributed by atoms with E-state index in [-0.39, 0.29) is 16.9 Å². The number of carbonyl (C=O) groups excluding carboxylic acids is 1. The van der Waals surface area contributed by atoms with Gasteiger partial charge in [0.1, 0.15) is 5.75 Å². The molecule has 4 nitrogen and oxygen atoms in total. The molecule has 0 spiro atoms. The summed E-state index contributed by atoms with van der Waals surface area (Å²) in [5.74, 6) is 0.456. The van der Waals surface area contributed by atoms with E-state index in [9.17, 15) is 9.00 Å². The van der Waals surface area contributed by atoms with Crippen molar-refractivity contribution >= 4 is 16.7 Å². The molecule has 1 saturated carbocycles. The van der Waals surface area contributed by atoms with Crippen molar-refractivity contribution in [3.05, 3.63) is 0 Å². The van der Waals surface area contributed by atoms with Crippen LogP contribution < -0.4 is 10.6 Å². The Hall–Kier alpha value is -0.420. The molecule has 1 aliphatic rings. The first-order valence-electron chi connectivity index (χ1n) is 6.47. The number of nitrogens with one attached hydrogen (secondary N) is 2. The number of carbonyl (C=O) groups is 1. The molecule has 2 N–H and O–H groups in total. The lowest BCUT2D eigenvalue weighted by Crippen LogP contribution is -2.37. The molecule has 17 heavy (non-hydrogen) atoms. The van der Waals surface area contributed by atoms with Crippen molar-refractivity contribution in [3.8, 4) is 0 Å². The summed E-state index contributed by atoms with van der Waals surface area (Å²) in [6.45, 7) is 7.66. The van der Waals surface area contributed by atoms with Crippen molar-refractivity contribution < 1.29 is 9.00 Å². The minimum Gasteiger partial charge on any atom is -0.356 e. The van der Waals surface area contributed by atoms with Gasteiger partial charge >= 0.3 is 0 Å². The van der Waals surface area contributed by atoms with Crippen LogP contribution in [-0.4, -0.2) is 40.3 Å². The maximum atomic E-state index is 12.1. The monoisotopic (exact) mass is 260 g/mol. The van der Waals surface area contributed by atoms with Gasteiger partial charge in [0.15, 0.2) is 0 Å². The average Bonchev–Trinajstić information content (AvgIpc) is 2.61. The van der Waals surface area contributed by atoms with Crippen LogP contribution in [-0.2, 0) is 15.6 Å². The third kappa shape index (κ3) is 4.07. The van der Waals surface area contributed by atoms with Gasteiger partial charge in [-0.15, -0.1) is 0 Å². The van der Waals surface area contributed by atoms with Gasteiger partial charge in [-0.05, 0) is 32.2 Å². The Morgan fingerprint density at radius 2 is 2.00 bits per heavy atom. The molecule has 1 amide bonds. The first-order valence-corrected chi connectivity index (χ1v) is 7.85. The standard InChI is InChI=1S/C12H24N2O2S/c1-4-13-10-6-7-11(9(10)3)17(16)8-12(15)14-5-2/h9-11,13H,4-8H2,1-3H3,(H,14,15). The van der Waals surface area contributed by atoms with Crippen molar-refractivity contribution in [2.45, 2.75) is 44.9 Å². The normalized spacial score (nSPS) is 30.2. The molecule has 4 atom stereocenters. The predicted octanol–water partition coefficient (Wildman–Crippen LogP) is 0.648. The summed E-state index contributed by atoms with van der Waals surface area (Å²) in [6, 6.07) is 0.461. The van der Waals surface area contributed by atoms with Crippen molar-refractivity contribution in [1.82, 2.24) is 10.6 Å². The highest BCUT2D eigenvalue weighted by Gasteiger charge is 2.36. The van der Waals surface area contributed by atoms with Crippen molar-refractivity contribution in [1.29, 1.82) is 0 Å². The largest absolute Gasteiger partial charge is 0.356 e. The molecule has 5 heteroatoms. The Labute approximate surface area is 106 Å². The Bertz CT molecular complexity index is 284. The van der Waals surface area contributed by atoms with E-state index >= 15 is 0 Å². The van der Waals surface area contributed by atoms with E-state index in [1.807, 2.05) is 6.92 Å². The highest BCUT2D eigenvalue weighted by molar-refractivity contribution is 7.86. The van der Waals surface area contributed by atoms with Crippen LogP contribution in [0.1, 0.15) is 33.6 Å². The van der Waals surface area contributed by atoms with Crippen molar-refractivity contribution in [3.63, 3.8) is 0 Å². The lowest BCUT2D eigenvalue weighted by molar-refractivity contribution is -0.118. The van der Waals surface area contributed by atoms with Crippen LogP contribution in [0.4, 0.5) is 0 Å². The summed E-state index contributed by atoms with van der Waals surface area (Å²) in [5, 5.41) is 6.29. The quantitative estimate of drug-likeness (QED) is 0.737. The van der Waals surface area contributed by atoms with Crippen molar-refractivity contribution in [2.75, 3.05) is 18.8 Å². The molecule has 0 aromatic rings. The van der Waals surface area contributed by atoms with Crippen LogP contribution in [0, 0.1) is 5.92 Å². The summed E-state index contributed by atoms with van der Waals surface area (Å²) >= 11 is 0. The third-order valence-electron chi connectivity index (χ3n) is 3.43. The minimum absolute atomic E-state index is 0.0927. The van der Waals surface area contributed by atoms with Crippen LogP contribution in [0.3, 0.4) is 0 Å². The second kappa shape index (κ2) is 7.11. The smallest absolute Gasteiger partial charge is 0.232 e. The fourth-order valence-electron chi connectivity index (χ4n) is 2.53. The number of amides is 1. The maximum absolute atomic E-state index is 12.1. The van der Waals surface area contributed by atoms with E-state index in [2.05, 4.69) is 24.5 Å². The zero-order valence-corrected chi connectivity index (χ0v) is 11.8. The molecule has 0 heterocycles. The lowest BCUT2D eigenvalue weighted by atomic mass is 10.1. The Kier molecular flexibility index (Phi) is 6.12. The molecule has 4 unspecified atom stereocenters. The molecule has 0 saturated heterocycles. The van der Waals surface area contributed by atoms with Gasteiger partial charge in [0, 0.05) is 28.6 Å². The van der Waals surface area contributed by atoms with Gasteiger partial charge in [-0.1, -0.05) is 13.8 Å². The predicted molar refractivity (Wildman–Crippen MR) is 71.3 cm³/mol. The van der Waals surface area contributed by atoms with E-state index in [0.29, 0.717) is 18.5 Å². The van der Waals surface area contributed by atoms with Gasteiger partial charge in [-0.2, -0.15) is 0 Å². The first kappa shape index (κ1) is 14.6. The highest BCUT2D eigenvalue weighted by Crippen LogP contribution is 2.29. The summed E-state index contributed by atoms with van der Waals surface area (Å²) in [5.41, 5.74) is 0. The fraction of sp³-hybridized carbons (Fsp3) is 0.917. The third-order valence-corrected chi connectivity index (χ3v) is 5.32. The number of hydrogen-bond donors (Lipinski definition) is 2. The van der Waals surface area contributed by atoms with E-state index < -0.39 is 10.8 Å². The number of hydrogen-bond acceptors (Lipinski definition) is 3. The van der Waals surface area contributed by atoms with Crippen molar-refractivity contribution in [2.24, 2.45) is 5.92 Å². The van der Waals surface area contributed by atoms with Crippen LogP contribution >= 0.6 is 0 Å². The molecular formula is C12H24N2O2S. The molecule has 100 valence electrons. The molecular weight excluding hydrogens is 236 g/mol. The van der Waals surface area contributed by atoms with Crippen LogP contribution in [0.25, 0.3) is 0 Å². The first-order chi connectivity index (χ1) is 8.10. The Balaban J connectivity index is 2.45. The van der Waals surface area contributed by atoms with Gasteiger partial charge in [-0.3, -0.25) is 9.00 Å². The van der Waals surface area contributed by atoms with E-state index in [0.717, 1.165) is 19.4 Å². The zero-order valence-electron chi connectivity index (χ0n) is 11.0. The van der Waals surface area contributed by atoms with Gasteiger partial charge in [0.05, 0.1) is 0 Å². The van der Waals surface area contributed by atoms with Gasteiger partial charge in [0.25, 0.3) is 0 Å². The van der Waals surface area contributed by atoms with E-state index in [1.54, 1.807) is 0 Å². The molecule has 0 aromatic heterocycles. The Morgan fingerprint density at radius 1 is 1.29 bits per heavy atom. The lowest BCUT2D eigenvalue weighted by Gasteiger charge is -2.20. The molecule has 0 bridgehead atoms. The maximum Gasteiger partial charge on any atom is 0.232 e. The van der Waals surface area contributed by atoms with E-state index in [4.69, 9.17) is 0 Å². The fourth-order valence-corrected chi connectivity index (χ4v) is 4.18. The second-order valence-corrected chi connectivity index (χ2v) is 6.27. The van der Waals surface area contributed by atoms with Gasteiger partial charge < -0.3 is 10.6 Å². The molecule has 1 rings (SSSR count). The molecule has 0 aromatic carbocycles.